The van der Waals surface area contributed by atoms with Crippen molar-refractivity contribution in [3.05, 3.63) is 0 Å². The van der Waals surface area contributed by atoms with Gasteiger partial charge in [-0.25, -0.2) is 0 Å². The molecule has 0 saturated carbocycles. The van der Waals surface area contributed by atoms with Crippen LogP contribution in [0.15, 0.2) is 0 Å². The number of rotatable bonds is 4. The zero-order valence-electron chi connectivity index (χ0n) is 5.19. The minimum absolute atomic E-state index is 0.00741. The van der Waals surface area contributed by atoms with Crippen molar-refractivity contribution >= 4 is 20.1 Å². The summed E-state index contributed by atoms with van der Waals surface area (Å²) in [6, 6.07) is -1.01. The predicted octanol–water partition coefficient (Wildman–Crippen LogP) is -1.30. The van der Waals surface area contributed by atoms with Crippen molar-refractivity contribution in [3.63, 3.8) is 0 Å². The molecule has 60 valence electrons. The van der Waals surface area contributed by atoms with Gasteiger partial charge in [0, 0.05) is 0 Å². The Kier molecular flexibility index (Phi) is 4.38. The van der Waals surface area contributed by atoms with Crippen LogP contribution in [0.5, 0.6) is 0 Å². The van der Waals surface area contributed by atoms with E-state index in [1.54, 1.807) is 0 Å². The summed E-state index contributed by atoms with van der Waals surface area (Å²) >= 11 is -2.75. The molecule has 10 heavy (non-hydrogen) atoms. The summed E-state index contributed by atoms with van der Waals surface area (Å²) in [5, 5.41) is 8.21. The van der Waals surface area contributed by atoms with Crippen LogP contribution in [0.4, 0.5) is 0 Å². The zero-order chi connectivity index (χ0) is 8.15. The van der Waals surface area contributed by atoms with E-state index in [9.17, 15) is 8.63 Å². The van der Waals surface area contributed by atoms with Crippen LogP contribution in [0.2, 0.25) is 5.32 Å². The molecule has 0 aliphatic rings. The molecule has 6 heteroatoms. The third-order valence-electron chi connectivity index (χ3n) is 0.921. The second-order valence-corrected chi connectivity index (χ2v) is 3.96. The molecule has 0 aromatic carbocycles. The Morgan fingerprint density at radius 3 is 2.50 bits per heavy atom. The van der Waals surface area contributed by atoms with E-state index in [0.29, 0.717) is 0 Å². The second-order valence-electron chi connectivity index (χ2n) is 1.76. The van der Waals surface area contributed by atoms with Gasteiger partial charge in [-0.2, -0.15) is 0 Å². The molecule has 4 N–H and O–H groups in total. The Labute approximate surface area is 62.2 Å². The van der Waals surface area contributed by atoms with Gasteiger partial charge in [-0.05, 0) is 0 Å². The van der Waals surface area contributed by atoms with Gasteiger partial charge in [-0.3, -0.25) is 0 Å². The molecule has 0 bridgehead atoms. The van der Waals surface area contributed by atoms with E-state index in [1.165, 1.54) is 0 Å². The third-order valence-corrected chi connectivity index (χ3v) is 2.15. The Morgan fingerprint density at radius 2 is 2.20 bits per heavy atom. The average Bonchev–Trinajstić information content (AvgIpc) is 1.82. The molecule has 0 heterocycles. The number of aliphatic carboxylic acids is 1. The Morgan fingerprint density at radius 1 is 1.70 bits per heavy atom. The molecule has 0 saturated heterocycles. The van der Waals surface area contributed by atoms with E-state index in [4.69, 9.17) is 15.0 Å². The first-order chi connectivity index (χ1) is 4.54. The third kappa shape index (κ3) is 4.58. The van der Waals surface area contributed by atoms with Gasteiger partial charge >= 0.3 is 61.6 Å². The van der Waals surface area contributed by atoms with Crippen LogP contribution in [0.3, 0.4) is 0 Å². The van der Waals surface area contributed by atoms with Crippen molar-refractivity contribution in [1.29, 1.82) is 0 Å². The topological polar surface area (TPSA) is 101 Å². The molecule has 0 amide bonds. The Balaban J connectivity index is 3.49. The van der Waals surface area contributed by atoms with Gasteiger partial charge < -0.3 is 0 Å². The first kappa shape index (κ1) is 9.71. The number of hydrogen-bond donors (Lipinski definition) is 3. The van der Waals surface area contributed by atoms with Crippen LogP contribution in [0.25, 0.3) is 0 Å². The molecule has 2 atom stereocenters. The Hall–Kier alpha value is -0.291. The van der Waals surface area contributed by atoms with E-state index in [-0.39, 0.29) is 11.7 Å². The van der Waals surface area contributed by atoms with Gasteiger partial charge in [0.05, 0.1) is 0 Å². The first-order valence-electron chi connectivity index (χ1n) is 2.60. The molecule has 5 nitrogen and oxygen atoms in total. The fourth-order valence-electron chi connectivity index (χ4n) is 0.351. The molecule has 0 fully saturated rings. The normalized spacial score (nSPS) is 16.2. The van der Waals surface area contributed by atoms with E-state index in [2.05, 4.69) is 0 Å². The van der Waals surface area contributed by atoms with E-state index >= 15 is 0 Å². The fraction of sp³-hybridized carbons (Fsp3) is 0.750. The summed E-state index contributed by atoms with van der Waals surface area (Å²) in [7, 11) is 0. The summed E-state index contributed by atoms with van der Waals surface area (Å²) in [5.41, 5.74) is 5.04. The van der Waals surface area contributed by atoms with Gasteiger partial charge in [-0.15, -0.1) is 0 Å². The van der Waals surface area contributed by atoms with Crippen LogP contribution in [-0.4, -0.2) is 35.5 Å². The SMILES string of the molecule is N[C@@H](CC[Se](=O)O)C(=O)O. The number of carbonyl (C=O) groups is 1. The quantitative estimate of drug-likeness (QED) is 0.505. The standard InChI is InChI=1S/C4H9NO4Se/c5-3(4(6)7)1-2-10(8)9/h3H,1-2,5H2,(H,6,7)(H,8,9)/t3-/m0/s1. The van der Waals surface area contributed by atoms with Crippen molar-refractivity contribution in [1.82, 2.24) is 0 Å². The van der Waals surface area contributed by atoms with Crippen molar-refractivity contribution < 1.29 is 17.9 Å². The molecule has 0 aliphatic carbocycles. The van der Waals surface area contributed by atoms with E-state index in [0.717, 1.165) is 0 Å². The Bertz CT molecular complexity index is 148. The molecule has 1 unspecified atom stereocenters. The molecule has 0 aromatic rings. The average molecular weight is 214 g/mol. The fourth-order valence-corrected chi connectivity index (χ4v) is 1.31. The molecular formula is C4H9NO4Se. The van der Waals surface area contributed by atoms with E-state index in [1.807, 2.05) is 0 Å². The number of hydrogen-bond acceptors (Lipinski definition) is 3. The predicted molar refractivity (Wildman–Crippen MR) is 33.7 cm³/mol. The molecule has 0 radical (unpaired) electrons. The molecular weight excluding hydrogens is 205 g/mol. The van der Waals surface area contributed by atoms with Crippen molar-refractivity contribution in [2.24, 2.45) is 5.73 Å². The maximum atomic E-state index is 10.1. The zero-order valence-corrected chi connectivity index (χ0v) is 6.90. The first-order valence-corrected chi connectivity index (χ1v) is 5.27. The van der Waals surface area contributed by atoms with Crippen molar-refractivity contribution in [3.8, 4) is 0 Å². The van der Waals surface area contributed by atoms with Gasteiger partial charge in [0.25, 0.3) is 0 Å². The molecule has 0 spiro atoms. The molecule has 0 aromatic heterocycles. The summed E-state index contributed by atoms with van der Waals surface area (Å²) in [5.74, 6) is -1.13. The maximum absolute atomic E-state index is 10.1. The van der Waals surface area contributed by atoms with E-state index < -0.39 is 26.2 Å². The number of carboxylic acids is 1. The van der Waals surface area contributed by atoms with Crippen molar-refractivity contribution in [2.75, 3.05) is 0 Å². The summed E-state index contributed by atoms with van der Waals surface area (Å²) in [6.45, 7) is 0. The van der Waals surface area contributed by atoms with Crippen LogP contribution < -0.4 is 5.73 Å². The van der Waals surface area contributed by atoms with Crippen LogP contribution in [0, 0.1) is 0 Å². The second kappa shape index (κ2) is 4.51. The van der Waals surface area contributed by atoms with Gasteiger partial charge in [0.1, 0.15) is 0 Å². The van der Waals surface area contributed by atoms with Gasteiger partial charge in [-0.1, -0.05) is 0 Å². The molecule has 0 rings (SSSR count). The number of carboxylic acid groups (broad SMARTS) is 1. The van der Waals surface area contributed by atoms with Crippen LogP contribution >= 0.6 is 0 Å². The van der Waals surface area contributed by atoms with Gasteiger partial charge in [0.2, 0.25) is 0 Å². The van der Waals surface area contributed by atoms with Crippen LogP contribution in [-0.2, 0) is 8.63 Å². The van der Waals surface area contributed by atoms with Crippen molar-refractivity contribution in [2.45, 2.75) is 17.8 Å². The minimum atomic E-state index is -2.75. The van der Waals surface area contributed by atoms with Gasteiger partial charge in [0.15, 0.2) is 0 Å². The monoisotopic (exact) mass is 215 g/mol. The summed E-state index contributed by atoms with van der Waals surface area (Å²) < 4.78 is 18.4. The molecule has 0 aliphatic heterocycles. The summed E-state index contributed by atoms with van der Waals surface area (Å²) in [4.78, 5) is 10.0. The number of nitrogens with two attached hydrogens (primary N) is 1. The van der Waals surface area contributed by atoms with Crippen LogP contribution in [0.1, 0.15) is 6.42 Å². The summed E-state index contributed by atoms with van der Waals surface area (Å²) in [6.07, 6.45) is 0.0694.